The highest BCUT2D eigenvalue weighted by atomic mass is 16.6. The molecule has 2 saturated carbocycles. The number of aliphatic hydroxyl groups excluding tert-OH is 4. The predicted molar refractivity (Wildman–Crippen MR) is 95.0 cm³/mol. The van der Waals surface area contributed by atoms with Crippen LogP contribution in [0.4, 0.5) is 0 Å². The Morgan fingerprint density at radius 1 is 1.31 bits per heavy atom. The van der Waals surface area contributed by atoms with Gasteiger partial charge in [0.1, 0.15) is 18.6 Å². The number of cyclic esters (lactones) is 1. The van der Waals surface area contributed by atoms with Crippen molar-refractivity contribution in [1.82, 2.24) is 0 Å². The number of aliphatic hydroxyl groups is 4. The van der Waals surface area contributed by atoms with Crippen molar-refractivity contribution in [2.75, 3.05) is 13.2 Å². The fraction of sp³-hybridized carbons (Fsp3) is 0.850. The van der Waals surface area contributed by atoms with Gasteiger partial charge in [-0.25, -0.2) is 0 Å². The minimum Gasteiger partial charge on any atom is -0.463 e. The van der Waals surface area contributed by atoms with Crippen molar-refractivity contribution in [2.45, 2.75) is 64.3 Å². The second-order valence-corrected chi connectivity index (χ2v) is 9.05. The number of ether oxygens (including phenoxy) is 1. The van der Waals surface area contributed by atoms with Gasteiger partial charge in [0.05, 0.1) is 18.8 Å². The van der Waals surface area contributed by atoms with E-state index in [9.17, 15) is 25.2 Å². The fourth-order valence-corrected chi connectivity index (χ4v) is 5.96. The van der Waals surface area contributed by atoms with Gasteiger partial charge in [-0.2, -0.15) is 0 Å². The normalized spacial score (nSPS) is 47.4. The lowest BCUT2D eigenvalue weighted by atomic mass is 9.46. The number of allylic oxidation sites excluding steroid dienone is 1. The summed E-state index contributed by atoms with van der Waals surface area (Å²) in [7, 11) is 0. The summed E-state index contributed by atoms with van der Waals surface area (Å²) < 4.78 is 4.87. The molecule has 6 heteroatoms. The number of fused-ring (bicyclic) bond motifs is 1. The molecule has 3 aliphatic rings. The van der Waals surface area contributed by atoms with Crippen molar-refractivity contribution in [1.29, 1.82) is 0 Å². The Bertz CT molecular complexity index is 577. The largest absolute Gasteiger partial charge is 0.463 e. The number of hydrogen-bond donors (Lipinski definition) is 4. The van der Waals surface area contributed by atoms with E-state index in [-0.39, 0.29) is 30.5 Å². The van der Waals surface area contributed by atoms with Gasteiger partial charge in [-0.05, 0) is 49.4 Å². The van der Waals surface area contributed by atoms with Gasteiger partial charge in [-0.3, -0.25) is 4.79 Å². The maximum Gasteiger partial charge on any atom is 0.314 e. The van der Waals surface area contributed by atoms with Gasteiger partial charge in [0.25, 0.3) is 0 Å². The van der Waals surface area contributed by atoms with Crippen LogP contribution >= 0.6 is 0 Å². The third-order valence-corrected chi connectivity index (χ3v) is 7.67. The Hall–Kier alpha value is -0.950. The fourth-order valence-electron chi connectivity index (χ4n) is 5.96. The van der Waals surface area contributed by atoms with E-state index < -0.39 is 35.6 Å². The topological polar surface area (TPSA) is 107 Å². The molecule has 26 heavy (non-hydrogen) atoms. The molecule has 4 N–H and O–H groups in total. The van der Waals surface area contributed by atoms with Crippen molar-refractivity contribution >= 4 is 5.97 Å². The van der Waals surface area contributed by atoms with Crippen LogP contribution < -0.4 is 0 Å². The first-order chi connectivity index (χ1) is 12.1. The van der Waals surface area contributed by atoms with Gasteiger partial charge >= 0.3 is 5.97 Å². The lowest BCUT2D eigenvalue weighted by Crippen LogP contribution is -2.58. The lowest BCUT2D eigenvalue weighted by molar-refractivity contribution is -0.158. The molecule has 0 spiro atoms. The van der Waals surface area contributed by atoms with E-state index in [2.05, 4.69) is 13.5 Å². The number of hydrogen-bond acceptors (Lipinski definition) is 6. The molecule has 1 saturated heterocycles. The van der Waals surface area contributed by atoms with Gasteiger partial charge < -0.3 is 25.2 Å². The van der Waals surface area contributed by atoms with Crippen LogP contribution in [0.5, 0.6) is 0 Å². The van der Waals surface area contributed by atoms with Crippen molar-refractivity contribution in [3.05, 3.63) is 12.2 Å². The molecule has 1 heterocycles. The van der Waals surface area contributed by atoms with Crippen molar-refractivity contribution < 1.29 is 30.0 Å². The first-order valence-corrected chi connectivity index (χ1v) is 9.64. The minimum absolute atomic E-state index is 0.0322. The highest BCUT2D eigenvalue weighted by Crippen LogP contribution is 2.61. The Morgan fingerprint density at radius 3 is 2.58 bits per heavy atom. The van der Waals surface area contributed by atoms with E-state index in [1.807, 2.05) is 6.92 Å². The van der Waals surface area contributed by atoms with E-state index in [4.69, 9.17) is 4.74 Å². The SMILES string of the molecule is C=C1CC[C@@H]2[C@](C)(CO)[C@H](O)CC[C@]2(C)[C@@H]1C[C@H](O)[C@H]1C(=O)OC[C@H]1O. The summed E-state index contributed by atoms with van der Waals surface area (Å²) in [5.41, 5.74) is 0.240. The standard InChI is InChI=1S/C20H32O6/c1-11-4-5-15-19(2,7-6-16(24)20(15,3)10-21)12(11)8-13(22)17-14(23)9-26-18(17)25/h12-17,21-24H,1,4-10H2,2-3H3/t12-,13+,14-,15+,16-,17-,19-,20+/m1/s1. The van der Waals surface area contributed by atoms with E-state index in [0.29, 0.717) is 12.8 Å². The number of rotatable bonds is 4. The summed E-state index contributed by atoms with van der Waals surface area (Å²) in [5, 5.41) is 41.2. The molecule has 0 aromatic carbocycles. The summed E-state index contributed by atoms with van der Waals surface area (Å²) in [4.78, 5) is 11.9. The van der Waals surface area contributed by atoms with Crippen LogP contribution in [0.2, 0.25) is 0 Å². The third-order valence-electron chi connectivity index (χ3n) is 7.67. The Kier molecular flexibility index (Phi) is 5.25. The van der Waals surface area contributed by atoms with Crippen molar-refractivity contribution in [3.8, 4) is 0 Å². The predicted octanol–water partition coefficient (Wildman–Crippen LogP) is 1.01. The highest BCUT2D eigenvalue weighted by molar-refractivity contribution is 5.75. The molecule has 0 aromatic rings. The quantitative estimate of drug-likeness (QED) is 0.436. The maximum absolute atomic E-state index is 11.9. The highest BCUT2D eigenvalue weighted by Gasteiger charge is 2.58. The van der Waals surface area contributed by atoms with E-state index in [0.717, 1.165) is 24.8 Å². The molecular weight excluding hydrogens is 336 g/mol. The van der Waals surface area contributed by atoms with Gasteiger partial charge in [-0.15, -0.1) is 0 Å². The molecule has 0 aromatic heterocycles. The van der Waals surface area contributed by atoms with Gasteiger partial charge in [-0.1, -0.05) is 26.0 Å². The molecular formula is C20H32O6. The number of carbonyl (C=O) groups excluding carboxylic acids is 1. The monoisotopic (exact) mass is 368 g/mol. The van der Waals surface area contributed by atoms with Crippen LogP contribution in [0.25, 0.3) is 0 Å². The zero-order chi connectivity index (χ0) is 19.3. The maximum atomic E-state index is 11.9. The van der Waals surface area contributed by atoms with E-state index >= 15 is 0 Å². The molecule has 0 radical (unpaired) electrons. The van der Waals surface area contributed by atoms with Crippen LogP contribution in [-0.2, 0) is 9.53 Å². The Balaban J connectivity index is 1.86. The average molecular weight is 368 g/mol. The number of esters is 1. The second kappa shape index (κ2) is 6.89. The first kappa shape index (κ1) is 19.8. The summed E-state index contributed by atoms with van der Waals surface area (Å²) in [6.45, 7) is 8.18. The molecule has 3 fully saturated rings. The summed E-state index contributed by atoms with van der Waals surface area (Å²) in [6.07, 6.45) is 0.815. The van der Waals surface area contributed by atoms with Crippen molar-refractivity contribution in [3.63, 3.8) is 0 Å². The summed E-state index contributed by atoms with van der Waals surface area (Å²) in [5.74, 6) is -1.39. The van der Waals surface area contributed by atoms with Crippen LogP contribution in [0.1, 0.15) is 46.0 Å². The second-order valence-electron chi connectivity index (χ2n) is 9.05. The first-order valence-electron chi connectivity index (χ1n) is 9.64. The van der Waals surface area contributed by atoms with Crippen LogP contribution in [0, 0.1) is 28.6 Å². The van der Waals surface area contributed by atoms with Crippen LogP contribution in [-0.4, -0.2) is 57.9 Å². The van der Waals surface area contributed by atoms with Gasteiger partial charge in [0, 0.05) is 5.41 Å². The molecule has 3 rings (SSSR count). The minimum atomic E-state index is -0.996. The average Bonchev–Trinajstić information content (AvgIpc) is 2.93. The third kappa shape index (κ3) is 2.91. The zero-order valence-corrected chi connectivity index (χ0v) is 15.7. The van der Waals surface area contributed by atoms with E-state index in [1.165, 1.54) is 0 Å². The Labute approximate surface area is 154 Å². The smallest absolute Gasteiger partial charge is 0.314 e. The summed E-state index contributed by atoms with van der Waals surface area (Å²) in [6, 6.07) is 0. The van der Waals surface area contributed by atoms with Gasteiger partial charge in [0.2, 0.25) is 0 Å². The zero-order valence-electron chi connectivity index (χ0n) is 15.7. The molecule has 1 aliphatic heterocycles. The molecule has 6 nitrogen and oxygen atoms in total. The molecule has 2 aliphatic carbocycles. The van der Waals surface area contributed by atoms with Crippen LogP contribution in [0.15, 0.2) is 12.2 Å². The molecule has 8 atom stereocenters. The molecule has 148 valence electrons. The van der Waals surface area contributed by atoms with E-state index in [1.54, 1.807) is 0 Å². The van der Waals surface area contributed by atoms with Gasteiger partial charge in [0.15, 0.2) is 0 Å². The Morgan fingerprint density at radius 2 is 2.00 bits per heavy atom. The lowest BCUT2D eigenvalue weighted by Gasteiger charge is -2.60. The molecule has 0 unspecified atom stereocenters. The van der Waals surface area contributed by atoms with Crippen molar-refractivity contribution in [2.24, 2.45) is 28.6 Å². The molecule has 0 amide bonds. The molecule has 0 bridgehead atoms. The number of carbonyl (C=O) groups is 1. The van der Waals surface area contributed by atoms with Crippen LogP contribution in [0.3, 0.4) is 0 Å². The summed E-state index contributed by atoms with van der Waals surface area (Å²) >= 11 is 0.